The SMILES string of the molecule is C=C(Br)CN1C(=O)[C@H]2CCCC[C@@H]3C=CC[C@@H]1[C@@]23C. The summed E-state index contributed by atoms with van der Waals surface area (Å²) >= 11 is 3.43. The van der Waals surface area contributed by atoms with E-state index in [9.17, 15) is 4.79 Å². The Morgan fingerprint density at radius 2 is 2.26 bits per heavy atom. The molecule has 0 aromatic heterocycles. The van der Waals surface area contributed by atoms with E-state index in [1.54, 1.807) is 0 Å². The Morgan fingerprint density at radius 3 is 3.00 bits per heavy atom. The topological polar surface area (TPSA) is 20.3 Å². The van der Waals surface area contributed by atoms with Crippen LogP contribution in [0.3, 0.4) is 0 Å². The number of likely N-dealkylation sites (tertiary alicyclic amines) is 1. The zero-order chi connectivity index (χ0) is 13.6. The molecule has 19 heavy (non-hydrogen) atoms. The Bertz CT molecular complexity index is 444. The molecule has 2 aliphatic carbocycles. The molecular formula is C16H22BrNO. The third-order valence-electron chi connectivity index (χ3n) is 5.55. The van der Waals surface area contributed by atoms with E-state index in [-0.39, 0.29) is 11.3 Å². The number of nitrogens with zero attached hydrogens (tertiary/aromatic N) is 1. The molecule has 0 bridgehead atoms. The van der Waals surface area contributed by atoms with Gasteiger partial charge in [-0.1, -0.05) is 54.4 Å². The largest absolute Gasteiger partial charge is 0.334 e. The van der Waals surface area contributed by atoms with E-state index < -0.39 is 0 Å². The minimum Gasteiger partial charge on any atom is -0.334 e. The lowest BCUT2D eigenvalue weighted by Crippen LogP contribution is -2.45. The van der Waals surface area contributed by atoms with E-state index in [0.717, 1.165) is 17.3 Å². The number of amides is 1. The molecule has 4 atom stereocenters. The normalized spacial score (nSPS) is 41.1. The van der Waals surface area contributed by atoms with Gasteiger partial charge in [0, 0.05) is 21.9 Å². The number of carbonyl (C=O) groups is 1. The quantitative estimate of drug-likeness (QED) is 0.706. The number of rotatable bonds is 2. The molecule has 0 spiro atoms. The molecule has 104 valence electrons. The van der Waals surface area contributed by atoms with Crippen molar-refractivity contribution >= 4 is 21.8 Å². The van der Waals surface area contributed by atoms with Crippen molar-refractivity contribution < 1.29 is 4.79 Å². The van der Waals surface area contributed by atoms with E-state index in [2.05, 4.69) is 46.5 Å². The Balaban J connectivity index is 2.01. The second-order valence-electron chi connectivity index (χ2n) is 6.47. The molecule has 1 aliphatic heterocycles. The highest BCUT2D eigenvalue weighted by atomic mass is 79.9. The summed E-state index contributed by atoms with van der Waals surface area (Å²) in [5.41, 5.74) is 0.144. The van der Waals surface area contributed by atoms with Crippen LogP contribution in [0.15, 0.2) is 23.2 Å². The van der Waals surface area contributed by atoms with Gasteiger partial charge in [0.05, 0.1) is 6.54 Å². The Morgan fingerprint density at radius 1 is 1.53 bits per heavy atom. The third-order valence-corrected chi connectivity index (χ3v) is 5.80. The van der Waals surface area contributed by atoms with Crippen LogP contribution < -0.4 is 0 Å². The number of hydrogen-bond donors (Lipinski definition) is 0. The van der Waals surface area contributed by atoms with Crippen LogP contribution in [-0.2, 0) is 4.79 Å². The van der Waals surface area contributed by atoms with Crippen LogP contribution in [0, 0.1) is 17.3 Å². The number of hydrogen-bond acceptors (Lipinski definition) is 1. The van der Waals surface area contributed by atoms with Gasteiger partial charge in [-0.3, -0.25) is 4.79 Å². The van der Waals surface area contributed by atoms with Gasteiger partial charge in [0.2, 0.25) is 5.91 Å². The Kier molecular flexibility index (Phi) is 3.36. The highest BCUT2D eigenvalue weighted by Crippen LogP contribution is 2.56. The smallest absolute Gasteiger partial charge is 0.226 e. The Hall–Kier alpha value is -0.570. The lowest BCUT2D eigenvalue weighted by molar-refractivity contribution is -0.132. The molecule has 1 saturated heterocycles. The average molecular weight is 324 g/mol. The molecule has 3 aliphatic rings. The van der Waals surface area contributed by atoms with E-state index in [4.69, 9.17) is 0 Å². The number of allylic oxidation sites excluding steroid dienone is 1. The van der Waals surface area contributed by atoms with Crippen LogP contribution >= 0.6 is 15.9 Å². The van der Waals surface area contributed by atoms with Gasteiger partial charge in [0.15, 0.2) is 0 Å². The summed E-state index contributed by atoms with van der Waals surface area (Å²) in [6.07, 6.45) is 10.5. The van der Waals surface area contributed by atoms with Crippen LogP contribution in [0.5, 0.6) is 0 Å². The monoisotopic (exact) mass is 323 g/mol. The standard InChI is InChI=1S/C16H22BrNO/c1-11(17)10-18-14-9-5-7-12-6-3-4-8-13(15(18)19)16(12,14)2/h5,7,12-14H,1,3-4,6,8-10H2,2H3/t12-,13-,14-,16-/m1/s1. The maximum atomic E-state index is 12.8. The molecule has 1 saturated carbocycles. The van der Waals surface area contributed by atoms with E-state index in [0.29, 0.717) is 24.4 Å². The molecule has 1 amide bonds. The lowest BCUT2D eigenvalue weighted by atomic mass is 9.62. The maximum absolute atomic E-state index is 12.8. The first kappa shape index (κ1) is 13.4. The molecular weight excluding hydrogens is 302 g/mol. The molecule has 0 aromatic rings. The van der Waals surface area contributed by atoms with Crippen molar-refractivity contribution in [2.75, 3.05) is 6.54 Å². The molecule has 3 heteroatoms. The predicted octanol–water partition coefficient (Wildman–Crippen LogP) is 3.88. The van der Waals surface area contributed by atoms with Gasteiger partial charge in [-0.15, -0.1) is 0 Å². The molecule has 3 rings (SSSR count). The maximum Gasteiger partial charge on any atom is 0.226 e. The van der Waals surface area contributed by atoms with E-state index >= 15 is 0 Å². The highest BCUT2D eigenvalue weighted by Gasteiger charge is 2.59. The summed E-state index contributed by atoms with van der Waals surface area (Å²) in [5.74, 6) is 1.17. The molecule has 0 unspecified atom stereocenters. The molecule has 0 aromatic carbocycles. The lowest BCUT2D eigenvalue weighted by Gasteiger charge is -2.43. The summed E-state index contributed by atoms with van der Waals surface area (Å²) in [5, 5.41) is 0. The van der Waals surface area contributed by atoms with Crippen LogP contribution in [0.2, 0.25) is 0 Å². The van der Waals surface area contributed by atoms with Gasteiger partial charge in [0.1, 0.15) is 0 Å². The van der Waals surface area contributed by atoms with Gasteiger partial charge >= 0.3 is 0 Å². The fourth-order valence-corrected chi connectivity index (χ4v) is 4.85. The van der Waals surface area contributed by atoms with Crippen molar-refractivity contribution in [1.82, 2.24) is 4.90 Å². The van der Waals surface area contributed by atoms with Gasteiger partial charge in [-0.05, 0) is 25.2 Å². The second-order valence-corrected chi connectivity index (χ2v) is 7.59. The van der Waals surface area contributed by atoms with Crippen LogP contribution in [0.25, 0.3) is 0 Å². The van der Waals surface area contributed by atoms with Gasteiger partial charge < -0.3 is 4.90 Å². The second kappa shape index (κ2) is 4.76. The summed E-state index contributed by atoms with van der Waals surface area (Å²) in [4.78, 5) is 14.9. The molecule has 1 heterocycles. The highest BCUT2D eigenvalue weighted by molar-refractivity contribution is 9.11. The minimum absolute atomic E-state index is 0.144. The van der Waals surface area contributed by atoms with Gasteiger partial charge in [-0.25, -0.2) is 0 Å². The summed E-state index contributed by atoms with van der Waals surface area (Å²) in [6.45, 7) is 6.94. The van der Waals surface area contributed by atoms with Crippen molar-refractivity contribution in [3.63, 3.8) is 0 Å². The number of carbonyl (C=O) groups excluding carboxylic acids is 1. The van der Waals surface area contributed by atoms with Crippen LogP contribution in [-0.4, -0.2) is 23.4 Å². The van der Waals surface area contributed by atoms with Crippen LogP contribution in [0.1, 0.15) is 39.0 Å². The molecule has 0 N–H and O–H groups in total. The van der Waals surface area contributed by atoms with Crippen molar-refractivity contribution in [1.29, 1.82) is 0 Å². The number of halogens is 1. The average Bonchev–Trinajstić information content (AvgIpc) is 2.50. The van der Waals surface area contributed by atoms with Gasteiger partial charge in [-0.2, -0.15) is 0 Å². The fourth-order valence-electron chi connectivity index (χ4n) is 4.58. The third kappa shape index (κ3) is 1.93. The molecule has 2 nitrogen and oxygen atoms in total. The fraction of sp³-hybridized carbons (Fsp3) is 0.688. The Labute approximate surface area is 124 Å². The van der Waals surface area contributed by atoms with Gasteiger partial charge in [0.25, 0.3) is 0 Å². The minimum atomic E-state index is 0.144. The first-order valence-electron chi connectivity index (χ1n) is 7.35. The summed E-state index contributed by atoms with van der Waals surface area (Å²) < 4.78 is 0.909. The van der Waals surface area contributed by atoms with Crippen molar-refractivity contribution in [3.05, 3.63) is 23.2 Å². The zero-order valence-corrected chi connectivity index (χ0v) is 13.2. The summed E-state index contributed by atoms with van der Waals surface area (Å²) in [7, 11) is 0. The van der Waals surface area contributed by atoms with Crippen molar-refractivity contribution in [3.8, 4) is 0 Å². The zero-order valence-electron chi connectivity index (χ0n) is 11.6. The first-order valence-corrected chi connectivity index (χ1v) is 8.15. The summed E-state index contributed by atoms with van der Waals surface area (Å²) in [6, 6.07) is 0.368. The van der Waals surface area contributed by atoms with Crippen molar-refractivity contribution in [2.24, 2.45) is 17.3 Å². The van der Waals surface area contributed by atoms with Crippen LogP contribution in [0.4, 0.5) is 0 Å². The molecule has 2 fully saturated rings. The van der Waals surface area contributed by atoms with Crippen molar-refractivity contribution in [2.45, 2.75) is 45.1 Å². The van der Waals surface area contributed by atoms with E-state index in [1.165, 1.54) is 19.3 Å². The van der Waals surface area contributed by atoms with E-state index in [1.807, 2.05) is 0 Å². The first-order chi connectivity index (χ1) is 9.05. The predicted molar refractivity (Wildman–Crippen MR) is 80.9 cm³/mol. The molecule has 0 radical (unpaired) electrons.